The first-order valence-electron chi connectivity index (χ1n) is 7.77. The van der Waals surface area contributed by atoms with Gasteiger partial charge in [-0.1, -0.05) is 73.1 Å². The molecule has 1 aromatic heterocycles. The van der Waals surface area contributed by atoms with Gasteiger partial charge in [-0.25, -0.2) is 4.98 Å². The van der Waals surface area contributed by atoms with Crippen LogP contribution in [-0.4, -0.2) is 15.3 Å². The monoisotopic (exact) mass is 376 g/mol. The number of para-hydroxylation sites is 1. The minimum Gasteiger partial charge on any atom is -0.287 e. The second kappa shape index (κ2) is 7.64. The summed E-state index contributed by atoms with van der Waals surface area (Å²) >= 11 is 14.0. The van der Waals surface area contributed by atoms with Gasteiger partial charge in [0.2, 0.25) is 0 Å². The molecule has 0 saturated heterocycles. The Balaban J connectivity index is 2.10. The van der Waals surface area contributed by atoms with Crippen molar-refractivity contribution >= 4 is 35.0 Å². The van der Waals surface area contributed by atoms with Gasteiger partial charge in [0.25, 0.3) is 0 Å². The van der Waals surface area contributed by atoms with Gasteiger partial charge in [-0.15, -0.1) is 0 Å². The Hall–Kier alpha value is -1.42. The maximum absolute atomic E-state index is 6.20. The molecule has 0 bridgehead atoms. The average molecular weight is 377 g/mol. The highest BCUT2D eigenvalue weighted by atomic mass is 35.5. The van der Waals surface area contributed by atoms with Gasteiger partial charge in [0, 0.05) is 17.0 Å². The summed E-state index contributed by atoms with van der Waals surface area (Å²) < 4.78 is 2.17. The standard InChI is InChI=1S/C19H18Cl2N2S/c1-13(2)12-24-19-22-11-18(14-8-9-16(20)17(21)10-14)23(19)15-6-4-3-5-7-15/h3-11,13H,12H2,1-2H3. The molecule has 0 aliphatic carbocycles. The number of thioether (sulfide) groups is 1. The fourth-order valence-electron chi connectivity index (χ4n) is 2.36. The van der Waals surface area contributed by atoms with Gasteiger partial charge in [-0.05, 0) is 30.2 Å². The molecule has 0 N–H and O–H groups in total. The van der Waals surface area contributed by atoms with Gasteiger partial charge in [-0.3, -0.25) is 4.57 Å². The summed E-state index contributed by atoms with van der Waals surface area (Å²) in [5.74, 6) is 1.62. The van der Waals surface area contributed by atoms with E-state index in [4.69, 9.17) is 23.2 Å². The van der Waals surface area contributed by atoms with Crippen LogP contribution in [0.4, 0.5) is 0 Å². The Labute approximate surface area is 156 Å². The van der Waals surface area contributed by atoms with E-state index in [1.165, 1.54) is 0 Å². The Kier molecular flexibility index (Phi) is 5.54. The van der Waals surface area contributed by atoms with Crippen molar-refractivity contribution in [2.75, 3.05) is 5.75 Å². The van der Waals surface area contributed by atoms with Gasteiger partial charge in [0.05, 0.1) is 21.9 Å². The maximum Gasteiger partial charge on any atom is 0.173 e. The molecule has 0 atom stereocenters. The predicted octanol–water partition coefficient (Wildman–Crippen LogP) is 6.59. The molecule has 0 aliphatic rings. The van der Waals surface area contributed by atoms with Crippen LogP contribution in [0.1, 0.15) is 13.8 Å². The summed E-state index contributed by atoms with van der Waals surface area (Å²) in [5.41, 5.74) is 3.09. The van der Waals surface area contributed by atoms with Gasteiger partial charge in [-0.2, -0.15) is 0 Å². The second-order valence-corrected chi connectivity index (χ2v) is 7.73. The van der Waals surface area contributed by atoms with Gasteiger partial charge in [0.15, 0.2) is 5.16 Å². The molecule has 2 nitrogen and oxygen atoms in total. The van der Waals surface area contributed by atoms with Crippen molar-refractivity contribution in [1.82, 2.24) is 9.55 Å². The highest BCUT2D eigenvalue weighted by molar-refractivity contribution is 7.99. The SMILES string of the molecule is CC(C)CSc1ncc(-c2ccc(Cl)c(Cl)c2)n1-c1ccccc1. The van der Waals surface area contributed by atoms with Crippen molar-refractivity contribution < 1.29 is 0 Å². The second-order valence-electron chi connectivity index (χ2n) is 5.93. The van der Waals surface area contributed by atoms with Crippen LogP contribution in [0.3, 0.4) is 0 Å². The molecule has 0 saturated carbocycles. The number of hydrogen-bond donors (Lipinski definition) is 0. The number of rotatable bonds is 5. The van der Waals surface area contributed by atoms with E-state index in [0.717, 1.165) is 27.9 Å². The fourth-order valence-corrected chi connectivity index (χ4v) is 3.60. The van der Waals surface area contributed by atoms with E-state index in [1.807, 2.05) is 42.6 Å². The molecular weight excluding hydrogens is 359 g/mol. The summed E-state index contributed by atoms with van der Waals surface area (Å²) in [5, 5.41) is 2.09. The minimum absolute atomic E-state index is 0.548. The molecule has 3 aromatic rings. The average Bonchev–Trinajstić information content (AvgIpc) is 3.00. The number of benzene rings is 2. The molecular formula is C19H18Cl2N2S. The van der Waals surface area contributed by atoms with Crippen molar-refractivity contribution in [1.29, 1.82) is 0 Å². The lowest BCUT2D eigenvalue weighted by Crippen LogP contribution is -2.00. The molecule has 0 radical (unpaired) electrons. The molecule has 2 aromatic carbocycles. The first kappa shape index (κ1) is 17.4. The summed E-state index contributed by atoms with van der Waals surface area (Å²) in [6.07, 6.45) is 1.90. The third-order valence-corrected chi connectivity index (χ3v) is 5.62. The number of aromatic nitrogens is 2. The smallest absolute Gasteiger partial charge is 0.173 e. The van der Waals surface area contributed by atoms with Crippen LogP contribution < -0.4 is 0 Å². The summed E-state index contributed by atoms with van der Waals surface area (Å²) in [6, 6.07) is 15.9. The van der Waals surface area contributed by atoms with Crippen LogP contribution >= 0.6 is 35.0 Å². The number of halogens is 2. The zero-order valence-corrected chi connectivity index (χ0v) is 15.9. The van der Waals surface area contributed by atoms with E-state index in [0.29, 0.717) is 16.0 Å². The Morgan fingerprint density at radius 1 is 1.04 bits per heavy atom. The molecule has 0 amide bonds. The molecule has 0 unspecified atom stereocenters. The van der Waals surface area contributed by atoms with Crippen molar-refractivity contribution in [3.8, 4) is 16.9 Å². The maximum atomic E-state index is 6.20. The van der Waals surface area contributed by atoms with Gasteiger partial charge < -0.3 is 0 Å². The first-order valence-corrected chi connectivity index (χ1v) is 9.52. The van der Waals surface area contributed by atoms with E-state index < -0.39 is 0 Å². The number of hydrogen-bond acceptors (Lipinski definition) is 2. The summed E-state index contributed by atoms with van der Waals surface area (Å²) in [4.78, 5) is 4.64. The zero-order chi connectivity index (χ0) is 17.1. The highest BCUT2D eigenvalue weighted by Gasteiger charge is 2.15. The third-order valence-electron chi connectivity index (χ3n) is 3.50. The first-order chi connectivity index (χ1) is 11.6. The van der Waals surface area contributed by atoms with Crippen molar-refractivity contribution in [2.24, 2.45) is 5.92 Å². The number of nitrogens with zero attached hydrogens (tertiary/aromatic N) is 2. The Morgan fingerprint density at radius 2 is 1.79 bits per heavy atom. The topological polar surface area (TPSA) is 17.8 Å². The fraction of sp³-hybridized carbons (Fsp3) is 0.211. The van der Waals surface area contributed by atoms with E-state index >= 15 is 0 Å². The largest absolute Gasteiger partial charge is 0.287 e. The molecule has 1 heterocycles. The van der Waals surface area contributed by atoms with Crippen molar-refractivity contribution in [2.45, 2.75) is 19.0 Å². The molecule has 124 valence electrons. The lowest BCUT2D eigenvalue weighted by molar-refractivity contribution is 0.746. The van der Waals surface area contributed by atoms with E-state index in [2.05, 4.69) is 35.5 Å². The lowest BCUT2D eigenvalue weighted by atomic mass is 10.1. The summed E-state index contributed by atoms with van der Waals surface area (Å²) in [7, 11) is 0. The molecule has 0 aliphatic heterocycles. The normalized spacial score (nSPS) is 11.2. The Morgan fingerprint density at radius 3 is 2.46 bits per heavy atom. The molecule has 5 heteroatoms. The van der Waals surface area contributed by atoms with Crippen LogP contribution in [0.5, 0.6) is 0 Å². The minimum atomic E-state index is 0.548. The van der Waals surface area contributed by atoms with Gasteiger partial charge >= 0.3 is 0 Å². The quantitative estimate of drug-likeness (QED) is 0.467. The van der Waals surface area contributed by atoms with Crippen LogP contribution in [0.25, 0.3) is 16.9 Å². The van der Waals surface area contributed by atoms with Crippen LogP contribution in [-0.2, 0) is 0 Å². The number of imidazole rings is 1. The Bertz CT molecular complexity index is 829. The third kappa shape index (κ3) is 3.80. The van der Waals surface area contributed by atoms with E-state index in [1.54, 1.807) is 11.8 Å². The van der Waals surface area contributed by atoms with Crippen molar-refractivity contribution in [3.63, 3.8) is 0 Å². The van der Waals surface area contributed by atoms with Crippen LogP contribution in [0.2, 0.25) is 10.0 Å². The predicted molar refractivity (Wildman–Crippen MR) is 105 cm³/mol. The molecule has 24 heavy (non-hydrogen) atoms. The van der Waals surface area contributed by atoms with Gasteiger partial charge in [0.1, 0.15) is 0 Å². The molecule has 3 rings (SSSR count). The zero-order valence-electron chi connectivity index (χ0n) is 13.5. The lowest BCUT2D eigenvalue weighted by Gasteiger charge is -2.13. The van der Waals surface area contributed by atoms with Crippen LogP contribution in [0.15, 0.2) is 59.9 Å². The summed E-state index contributed by atoms with van der Waals surface area (Å²) in [6.45, 7) is 4.42. The van der Waals surface area contributed by atoms with Crippen molar-refractivity contribution in [3.05, 3.63) is 64.8 Å². The molecule has 0 spiro atoms. The van der Waals surface area contributed by atoms with E-state index in [9.17, 15) is 0 Å². The molecule has 0 fully saturated rings. The highest BCUT2D eigenvalue weighted by Crippen LogP contribution is 2.33. The van der Waals surface area contributed by atoms with E-state index in [-0.39, 0.29) is 0 Å². The van der Waals surface area contributed by atoms with Crippen LogP contribution in [0, 0.1) is 5.92 Å².